The van der Waals surface area contributed by atoms with Crippen LogP contribution >= 0.6 is 0 Å². The van der Waals surface area contributed by atoms with E-state index in [1.807, 2.05) is 26.0 Å². The van der Waals surface area contributed by atoms with E-state index in [9.17, 15) is 14.4 Å². The van der Waals surface area contributed by atoms with Crippen molar-refractivity contribution in [2.24, 2.45) is 11.3 Å². The van der Waals surface area contributed by atoms with Gasteiger partial charge in [0.15, 0.2) is 0 Å². The van der Waals surface area contributed by atoms with Gasteiger partial charge in [0.2, 0.25) is 5.91 Å². The van der Waals surface area contributed by atoms with Crippen LogP contribution in [0.1, 0.15) is 77.2 Å². The Morgan fingerprint density at radius 2 is 1.59 bits per heavy atom. The molecule has 0 aliphatic rings. The molecule has 37 heavy (non-hydrogen) atoms. The Kier molecular flexibility index (Phi) is 10.3. The zero-order valence-corrected chi connectivity index (χ0v) is 23.4. The molecule has 2 aromatic carbocycles. The van der Waals surface area contributed by atoms with E-state index in [2.05, 4.69) is 57.4 Å². The summed E-state index contributed by atoms with van der Waals surface area (Å²) in [5.74, 6) is -0.568. The molecule has 2 aromatic rings. The summed E-state index contributed by atoms with van der Waals surface area (Å²) in [7, 11) is 1.29. The van der Waals surface area contributed by atoms with Crippen molar-refractivity contribution >= 4 is 23.5 Å². The van der Waals surface area contributed by atoms with Gasteiger partial charge >= 0.3 is 5.97 Å². The Bertz CT molecular complexity index is 1070. The normalized spacial score (nSPS) is 12.6. The van der Waals surface area contributed by atoms with Crippen LogP contribution in [0.2, 0.25) is 0 Å². The molecule has 0 fully saturated rings. The number of benzene rings is 2. The van der Waals surface area contributed by atoms with E-state index >= 15 is 0 Å². The van der Waals surface area contributed by atoms with E-state index in [0.717, 1.165) is 6.42 Å². The van der Waals surface area contributed by atoms with Crippen LogP contribution in [0.4, 0.5) is 5.69 Å². The van der Waals surface area contributed by atoms with Gasteiger partial charge in [-0.2, -0.15) is 0 Å². The summed E-state index contributed by atoms with van der Waals surface area (Å²) < 4.78 is 10.5. The second-order valence-electron chi connectivity index (χ2n) is 11.6. The van der Waals surface area contributed by atoms with Crippen molar-refractivity contribution in [1.29, 1.82) is 0 Å². The first kappa shape index (κ1) is 29.9. The predicted octanol–water partition coefficient (Wildman–Crippen LogP) is 5.74. The van der Waals surface area contributed by atoms with Gasteiger partial charge in [0.05, 0.1) is 20.1 Å². The highest BCUT2D eigenvalue weighted by Gasteiger charge is 2.27. The summed E-state index contributed by atoms with van der Waals surface area (Å²) >= 11 is 0. The Morgan fingerprint density at radius 3 is 2.16 bits per heavy atom. The summed E-state index contributed by atoms with van der Waals surface area (Å²) in [6.07, 6.45) is 1.22. The number of ether oxygens (including phenoxy) is 2. The van der Waals surface area contributed by atoms with Gasteiger partial charge in [-0.3, -0.25) is 9.59 Å². The van der Waals surface area contributed by atoms with Gasteiger partial charge in [-0.05, 0) is 59.1 Å². The van der Waals surface area contributed by atoms with Crippen molar-refractivity contribution in [2.75, 3.05) is 19.0 Å². The van der Waals surface area contributed by atoms with Crippen LogP contribution in [0.25, 0.3) is 0 Å². The summed E-state index contributed by atoms with van der Waals surface area (Å²) in [6.45, 7) is 15.1. The first-order chi connectivity index (χ1) is 17.2. The molecule has 2 amide bonds. The number of nitrogens with one attached hydrogen (secondary N) is 2. The fraction of sp³-hybridized carbons (Fsp3) is 0.500. The molecule has 7 heteroatoms. The molecular weight excluding hydrogens is 468 g/mol. The summed E-state index contributed by atoms with van der Waals surface area (Å²) in [6, 6.07) is 13.9. The molecule has 0 spiro atoms. The summed E-state index contributed by atoms with van der Waals surface area (Å²) in [4.78, 5) is 37.0. The zero-order valence-electron chi connectivity index (χ0n) is 23.4. The molecule has 7 nitrogen and oxygen atoms in total. The van der Waals surface area contributed by atoms with Gasteiger partial charge in [-0.1, -0.05) is 66.7 Å². The molecule has 0 heterocycles. The molecule has 0 aliphatic heterocycles. The van der Waals surface area contributed by atoms with Crippen molar-refractivity contribution in [3.8, 4) is 5.75 Å². The molecule has 0 aromatic heterocycles. The third-order valence-electron chi connectivity index (χ3n) is 6.02. The summed E-state index contributed by atoms with van der Waals surface area (Å²) in [5.41, 5.74) is 2.36. The SMILES string of the molecule is COC(=O)C(NC(=O)c1cccc(NC(=O)CCOc2ccc(C(C)(C)CC(C)(C)C)cc2)c1)C(C)C. The topological polar surface area (TPSA) is 93.7 Å². The highest BCUT2D eigenvalue weighted by atomic mass is 16.5. The number of hydrogen-bond acceptors (Lipinski definition) is 5. The number of esters is 1. The minimum atomic E-state index is -0.758. The van der Waals surface area contributed by atoms with Crippen LogP contribution < -0.4 is 15.4 Å². The molecule has 0 saturated carbocycles. The smallest absolute Gasteiger partial charge is 0.328 e. The molecule has 1 atom stereocenters. The van der Waals surface area contributed by atoms with Crippen molar-refractivity contribution in [1.82, 2.24) is 5.32 Å². The van der Waals surface area contributed by atoms with Crippen LogP contribution in [0.15, 0.2) is 48.5 Å². The quantitative estimate of drug-likeness (QED) is 0.376. The lowest BCUT2D eigenvalue weighted by Crippen LogP contribution is -2.45. The Balaban J connectivity index is 1.89. The average Bonchev–Trinajstić information content (AvgIpc) is 2.80. The van der Waals surface area contributed by atoms with Gasteiger partial charge in [0.1, 0.15) is 11.8 Å². The second kappa shape index (κ2) is 12.7. The van der Waals surface area contributed by atoms with E-state index in [1.165, 1.54) is 12.7 Å². The maximum atomic E-state index is 12.6. The van der Waals surface area contributed by atoms with Crippen LogP contribution in [0, 0.1) is 11.3 Å². The predicted molar refractivity (Wildman–Crippen MR) is 147 cm³/mol. The van der Waals surface area contributed by atoms with Gasteiger partial charge in [-0.25, -0.2) is 4.79 Å². The van der Waals surface area contributed by atoms with Crippen molar-refractivity contribution < 1.29 is 23.9 Å². The lowest BCUT2D eigenvalue weighted by Gasteiger charge is -2.33. The van der Waals surface area contributed by atoms with Crippen LogP contribution in [-0.2, 0) is 19.7 Å². The fourth-order valence-corrected chi connectivity index (χ4v) is 4.50. The maximum absolute atomic E-state index is 12.6. The van der Waals surface area contributed by atoms with Gasteiger partial charge in [0, 0.05) is 11.3 Å². The first-order valence-corrected chi connectivity index (χ1v) is 12.7. The molecule has 0 bridgehead atoms. The molecule has 0 saturated heterocycles. The minimum absolute atomic E-state index is 0.0527. The van der Waals surface area contributed by atoms with Gasteiger partial charge in [-0.15, -0.1) is 0 Å². The highest BCUT2D eigenvalue weighted by Crippen LogP contribution is 2.36. The number of anilines is 1. The number of carbonyl (C=O) groups is 3. The van der Waals surface area contributed by atoms with E-state index < -0.39 is 17.9 Å². The molecule has 0 aliphatic carbocycles. The van der Waals surface area contributed by atoms with Crippen LogP contribution in [0.5, 0.6) is 5.75 Å². The number of hydrogen-bond donors (Lipinski definition) is 2. The maximum Gasteiger partial charge on any atom is 0.328 e. The fourth-order valence-electron chi connectivity index (χ4n) is 4.50. The molecular formula is C30H42N2O5. The number of amides is 2. The van der Waals surface area contributed by atoms with E-state index in [0.29, 0.717) is 17.0 Å². The van der Waals surface area contributed by atoms with Crippen molar-refractivity contribution in [2.45, 2.75) is 72.8 Å². The third kappa shape index (κ3) is 9.56. The lowest BCUT2D eigenvalue weighted by molar-refractivity contribution is -0.144. The van der Waals surface area contributed by atoms with Crippen LogP contribution in [-0.4, -0.2) is 37.5 Å². The Hall–Kier alpha value is -3.35. The van der Waals surface area contributed by atoms with Crippen molar-refractivity contribution in [3.05, 3.63) is 59.7 Å². The largest absolute Gasteiger partial charge is 0.493 e. The molecule has 2 rings (SSSR count). The summed E-state index contributed by atoms with van der Waals surface area (Å²) in [5, 5.41) is 5.49. The lowest BCUT2D eigenvalue weighted by atomic mass is 9.72. The highest BCUT2D eigenvalue weighted by molar-refractivity contribution is 5.99. The molecule has 202 valence electrons. The van der Waals surface area contributed by atoms with Gasteiger partial charge in [0.25, 0.3) is 5.91 Å². The number of carbonyl (C=O) groups excluding carboxylic acids is 3. The Labute approximate surface area is 221 Å². The van der Waals surface area contributed by atoms with Crippen molar-refractivity contribution in [3.63, 3.8) is 0 Å². The number of methoxy groups -OCH3 is 1. The average molecular weight is 511 g/mol. The minimum Gasteiger partial charge on any atom is -0.493 e. The molecule has 2 N–H and O–H groups in total. The van der Waals surface area contributed by atoms with E-state index in [1.54, 1.807) is 24.3 Å². The molecule has 0 radical (unpaired) electrons. The van der Waals surface area contributed by atoms with E-state index in [4.69, 9.17) is 9.47 Å². The monoisotopic (exact) mass is 510 g/mol. The third-order valence-corrected chi connectivity index (χ3v) is 6.02. The molecule has 1 unspecified atom stereocenters. The zero-order chi connectivity index (χ0) is 27.8. The second-order valence-corrected chi connectivity index (χ2v) is 11.6. The number of rotatable bonds is 11. The standard InChI is InChI=1S/C30H42N2O5/c1-20(2)26(28(35)36-8)32-27(34)21-10-9-11-23(18-21)31-25(33)16-17-37-24-14-12-22(13-15-24)30(6,7)19-29(3,4)5/h9-15,18,20,26H,16-17,19H2,1-8H3,(H,31,33)(H,32,34). The van der Waals surface area contributed by atoms with Crippen LogP contribution in [0.3, 0.4) is 0 Å². The van der Waals surface area contributed by atoms with Gasteiger partial charge < -0.3 is 20.1 Å². The van der Waals surface area contributed by atoms with E-state index in [-0.39, 0.29) is 35.7 Å². The Morgan fingerprint density at radius 1 is 0.946 bits per heavy atom. The first-order valence-electron chi connectivity index (χ1n) is 12.7.